The summed E-state index contributed by atoms with van der Waals surface area (Å²) in [6, 6.07) is 5.82. The zero-order chi connectivity index (χ0) is 13.7. The summed E-state index contributed by atoms with van der Waals surface area (Å²) in [5.74, 6) is 1.57. The molecule has 0 spiro atoms. The van der Waals surface area contributed by atoms with Crippen LogP contribution in [0.3, 0.4) is 0 Å². The van der Waals surface area contributed by atoms with Gasteiger partial charge in [0.1, 0.15) is 5.75 Å². The van der Waals surface area contributed by atoms with Crippen molar-refractivity contribution >= 4 is 11.6 Å². The zero-order valence-corrected chi connectivity index (χ0v) is 11.9. The van der Waals surface area contributed by atoms with Crippen LogP contribution in [-0.4, -0.2) is 13.0 Å². The molecule has 0 aromatic heterocycles. The van der Waals surface area contributed by atoms with Crippen LogP contribution >= 0.6 is 0 Å². The molecule has 1 aromatic rings. The van der Waals surface area contributed by atoms with Crippen LogP contribution in [0.2, 0.25) is 0 Å². The molecule has 0 unspecified atom stereocenters. The van der Waals surface area contributed by atoms with Crippen LogP contribution < -0.4 is 10.1 Å². The average molecular weight is 261 g/mol. The lowest BCUT2D eigenvalue weighted by Gasteiger charge is -2.12. The summed E-state index contributed by atoms with van der Waals surface area (Å²) >= 11 is 0. The van der Waals surface area contributed by atoms with E-state index in [-0.39, 0.29) is 5.91 Å². The van der Waals surface area contributed by atoms with Crippen molar-refractivity contribution in [1.82, 2.24) is 0 Å². The topological polar surface area (TPSA) is 38.3 Å². The number of ether oxygens (including phenoxy) is 1. The van der Waals surface area contributed by atoms with E-state index in [1.807, 2.05) is 25.1 Å². The number of carbonyl (C=O) groups is 1. The van der Waals surface area contributed by atoms with E-state index in [0.717, 1.165) is 29.3 Å². The van der Waals surface area contributed by atoms with Crippen molar-refractivity contribution in [3.63, 3.8) is 0 Å². The van der Waals surface area contributed by atoms with E-state index in [1.54, 1.807) is 7.11 Å². The Morgan fingerprint density at radius 2 is 2.11 bits per heavy atom. The Bertz CT molecular complexity index is 436. The molecule has 0 atom stereocenters. The molecule has 3 heteroatoms. The van der Waals surface area contributed by atoms with Gasteiger partial charge in [0.2, 0.25) is 5.91 Å². The van der Waals surface area contributed by atoms with E-state index in [0.29, 0.717) is 6.42 Å². The van der Waals surface area contributed by atoms with Crippen molar-refractivity contribution in [2.45, 2.75) is 45.4 Å². The van der Waals surface area contributed by atoms with Crippen molar-refractivity contribution in [3.05, 3.63) is 23.8 Å². The second-order valence-corrected chi connectivity index (χ2v) is 5.44. The summed E-state index contributed by atoms with van der Waals surface area (Å²) in [6.45, 7) is 2.01. The molecule has 1 aliphatic carbocycles. The number of benzene rings is 1. The number of anilines is 1. The summed E-state index contributed by atoms with van der Waals surface area (Å²) < 4.78 is 5.26. The maximum Gasteiger partial charge on any atom is 0.224 e. The van der Waals surface area contributed by atoms with Crippen LogP contribution in [-0.2, 0) is 4.79 Å². The quantitative estimate of drug-likeness (QED) is 0.872. The number of carbonyl (C=O) groups excluding carboxylic acids is 1. The van der Waals surface area contributed by atoms with Gasteiger partial charge in [-0.15, -0.1) is 0 Å². The third-order valence-electron chi connectivity index (χ3n) is 3.88. The van der Waals surface area contributed by atoms with Gasteiger partial charge >= 0.3 is 0 Å². The second-order valence-electron chi connectivity index (χ2n) is 5.44. The molecule has 0 saturated heterocycles. The minimum Gasteiger partial charge on any atom is -0.495 e. The molecule has 0 bridgehead atoms. The summed E-state index contributed by atoms with van der Waals surface area (Å²) in [5, 5.41) is 2.96. The first-order valence-electron chi connectivity index (χ1n) is 7.13. The first-order valence-corrected chi connectivity index (χ1v) is 7.13. The number of hydrogen-bond acceptors (Lipinski definition) is 2. The van der Waals surface area contributed by atoms with Gasteiger partial charge in [-0.3, -0.25) is 4.79 Å². The highest BCUT2D eigenvalue weighted by atomic mass is 16.5. The van der Waals surface area contributed by atoms with Crippen LogP contribution in [0.25, 0.3) is 0 Å². The zero-order valence-electron chi connectivity index (χ0n) is 11.9. The van der Waals surface area contributed by atoms with E-state index < -0.39 is 0 Å². The predicted octanol–water partition coefficient (Wildman–Crippen LogP) is 3.91. The first-order chi connectivity index (χ1) is 9.19. The van der Waals surface area contributed by atoms with Crippen molar-refractivity contribution in [3.8, 4) is 5.75 Å². The fourth-order valence-corrected chi connectivity index (χ4v) is 2.77. The van der Waals surface area contributed by atoms with Gasteiger partial charge < -0.3 is 10.1 Å². The Hall–Kier alpha value is -1.51. The number of nitrogens with one attached hydrogen (secondary N) is 1. The van der Waals surface area contributed by atoms with E-state index >= 15 is 0 Å². The Kier molecular flexibility index (Phi) is 4.83. The van der Waals surface area contributed by atoms with Gasteiger partial charge in [-0.2, -0.15) is 0 Å². The Balaban J connectivity index is 1.88. The first kappa shape index (κ1) is 13.9. The minimum atomic E-state index is 0.0933. The van der Waals surface area contributed by atoms with Gasteiger partial charge in [-0.05, 0) is 37.0 Å². The minimum absolute atomic E-state index is 0.0933. The highest BCUT2D eigenvalue weighted by Crippen LogP contribution is 2.29. The molecule has 2 rings (SSSR count). The van der Waals surface area contributed by atoms with Crippen LogP contribution in [0.15, 0.2) is 18.2 Å². The SMILES string of the molecule is COc1ccc(C)cc1NC(=O)CCC1CCCC1. The van der Waals surface area contributed by atoms with Crippen LogP contribution in [0.1, 0.15) is 44.1 Å². The third-order valence-corrected chi connectivity index (χ3v) is 3.88. The number of methoxy groups -OCH3 is 1. The molecule has 1 aliphatic rings. The van der Waals surface area contributed by atoms with Crippen LogP contribution in [0.4, 0.5) is 5.69 Å². The Morgan fingerprint density at radius 1 is 1.37 bits per heavy atom. The molecule has 1 amide bonds. The molecule has 1 N–H and O–H groups in total. The van der Waals surface area contributed by atoms with Gasteiger partial charge in [0.15, 0.2) is 0 Å². The maximum absolute atomic E-state index is 12.0. The number of aryl methyl sites for hydroxylation is 1. The molecular weight excluding hydrogens is 238 g/mol. The van der Waals surface area contributed by atoms with E-state index in [2.05, 4.69) is 5.32 Å². The molecule has 0 aliphatic heterocycles. The summed E-state index contributed by atoms with van der Waals surface area (Å²) in [5.41, 5.74) is 1.89. The smallest absolute Gasteiger partial charge is 0.224 e. The fraction of sp³-hybridized carbons (Fsp3) is 0.562. The molecule has 0 radical (unpaired) electrons. The summed E-state index contributed by atoms with van der Waals surface area (Å²) in [6.07, 6.45) is 6.87. The normalized spacial score (nSPS) is 15.5. The summed E-state index contributed by atoms with van der Waals surface area (Å²) in [4.78, 5) is 12.0. The molecule has 3 nitrogen and oxygen atoms in total. The van der Waals surface area contributed by atoms with Gasteiger partial charge in [-0.25, -0.2) is 0 Å². The van der Waals surface area contributed by atoms with Crippen LogP contribution in [0, 0.1) is 12.8 Å². The fourth-order valence-electron chi connectivity index (χ4n) is 2.77. The van der Waals surface area contributed by atoms with Crippen molar-refractivity contribution in [2.75, 3.05) is 12.4 Å². The lowest BCUT2D eigenvalue weighted by molar-refractivity contribution is -0.116. The Labute approximate surface area is 115 Å². The van der Waals surface area contributed by atoms with E-state index in [9.17, 15) is 4.79 Å². The maximum atomic E-state index is 12.0. The number of amides is 1. The van der Waals surface area contributed by atoms with Crippen LogP contribution in [0.5, 0.6) is 5.75 Å². The molecule has 1 fully saturated rings. The molecular formula is C16H23NO2. The summed E-state index contributed by atoms with van der Waals surface area (Å²) in [7, 11) is 1.62. The molecule has 1 saturated carbocycles. The monoisotopic (exact) mass is 261 g/mol. The van der Waals surface area contributed by atoms with Gasteiger partial charge in [0.25, 0.3) is 0 Å². The standard InChI is InChI=1S/C16H23NO2/c1-12-7-9-15(19-2)14(11-12)17-16(18)10-8-13-5-3-4-6-13/h7,9,11,13H,3-6,8,10H2,1-2H3,(H,17,18). The lowest BCUT2D eigenvalue weighted by atomic mass is 10.0. The lowest BCUT2D eigenvalue weighted by Crippen LogP contribution is -2.13. The van der Waals surface area contributed by atoms with Gasteiger partial charge in [0, 0.05) is 6.42 Å². The third kappa shape index (κ3) is 3.98. The highest BCUT2D eigenvalue weighted by Gasteiger charge is 2.16. The Morgan fingerprint density at radius 3 is 2.79 bits per heavy atom. The van der Waals surface area contributed by atoms with Gasteiger partial charge in [0.05, 0.1) is 12.8 Å². The molecule has 19 heavy (non-hydrogen) atoms. The van der Waals surface area contributed by atoms with Crippen molar-refractivity contribution in [1.29, 1.82) is 0 Å². The highest BCUT2D eigenvalue weighted by molar-refractivity contribution is 5.92. The van der Waals surface area contributed by atoms with Crippen molar-refractivity contribution in [2.24, 2.45) is 5.92 Å². The molecule has 104 valence electrons. The predicted molar refractivity (Wildman–Crippen MR) is 77.6 cm³/mol. The largest absolute Gasteiger partial charge is 0.495 e. The molecule has 1 aromatic carbocycles. The van der Waals surface area contributed by atoms with Gasteiger partial charge in [-0.1, -0.05) is 31.7 Å². The van der Waals surface area contributed by atoms with E-state index in [1.165, 1.54) is 25.7 Å². The van der Waals surface area contributed by atoms with E-state index in [4.69, 9.17) is 4.74 Å². The second kappa shape index (κ2) is 6.60. The number of rotatable bonds is 5. The number of hydrogen-bond donors (Lipinski definition) is 1. The van der Waals surface area contributed by atoms with Crippen molar-refractivity contribution < 1.29 is 9.53 Å². The average Bonchev–Trinajstić information content (AvgIpc) is 2.90. The molecule has 0 heterocycles.